The van der Waals surface area contributed by atoms with Crippen LogP contribution in [-0.4, -0.2) is 15.6 Å². The van der Waals surface area contributed by atoms with Crippen LogP contribution >= 0.6 is 0 Å². The lowest BCUT2D eigenvalue weighted by Gasteiger charge is -2.14. The summed E-state index contributed by atoms with van der Waals surface area (Å²) >= 11 is 0. The van der Waals surface area contributed by atoms with E-state index in [1.165, 1.54) is 10.6 Å². The van der Waals surface area contributed by atoms with Crippen molar-refractivity contribution in [2.45, 2.75) is 13.5 Å². The van der Waals surface area contributed by atoms with Gasteiger partial charge in [-0.15, -0.1) is 0 Å². The largest absolute Gasteiger partial charge is 0.508 e. The highest BCUT2D eigenvalue weighted by Crippen LogP contribution is 2.25. The molecular weight excluding hydrogens is 330 g/mol. The monoisotopic (exact) mass is 349 g/mol. The Morgan fingerprint density at radius 3 is 2.35 bits per heavy atom. The third-order valence-corrected chi connectivity index (χ3v) is 3.88. The Morgan fingerprint density at radius 1 is 1.00 bits per heavy atom. The van der Waals surface area contributed by atoms with E-state index in [9.17, 15) is 14.7 Å². The van der Waals surface area contributed by atoms with Crippen molar-refractivity contribution in [3.8, 4) is 5.75 Å². The molecule has 1 amide bonds. The number of nitrogens with one attached hydrogen (secondary N) is 2. The van der Waals surface area contributed by atoms with Gasteiger partial charge in [-0.05, 0) is 37.3 Å². The van der Waals surface area contributed by atoms with Crippen LogP contribution in [0.2, 0.25) is 0 Å². The summed E-state index contributed by atoms with van der Waals surface area (Å²) in [5.41, 5.74) is 2.36. The van der Waals surface area contributed by atoms with Gasteiger partial charge in [0.1, 0.15) is 12.3 Å². The SMILES string of the molecule is Cc1cc(O)cc(=O)n1CC(=O)Nc1ccccc1Nc1ccccc1. The summed E-state index contributed by atoms with van der Waals surface area (Å²) in [7, 11) is 0. The predicted molar refractivity (Wildman–Crippen MR) is 102 cm³/mol. The van der Waals surface area contributed by atoms with Crippen molar-refractivity contribution < 1.29 is 9.90 Å². The van der Waals surface area contributed by atoms with Crippen LogP contribution in [0, 0.1) is 6.92 Å². The zero-order valence-corrected chi connectivity index (χ0v) is 14.3. The van der Waals surface area contributed by atoms with Gasteiger partial charge in [0.15, 0.2) is 0 Å². The fourth-order valence-electron chi connectivity index (χ4n) is 2.63. The maximum absolute atomic E-state index is 12.4. The van der Waals surface area contributed by atoms with Crippen LogP contribution in [0.15, 0.2) is 71.5 Å². The third-order valence-electron chi connectivity index (χ3n) is 3.88. The molecule has 3 rings (SSSR count). The molecule has 0 bridgehead atoms. The normalized spacial score (nSPS) is 10.3. The quantitative estimate of drug-likeness (QED) is 0.660. The molecule has 1 heterocycles. The molecule has 0 fully saturated rings. The molecule has 0 atom stereocenters. The molecule has 3 N–H and O–H groups in total. The Balaban J connectivity index is 1.77. The number of aromatic hydroxyl groups is 1. The number of benzene rings is 2. The summed E-state index contributed by atoms with van der Waals surface area (Å²) in [5.74, 6) is -0.440. The second-order valence-electron chi connectivity index (χ2n) is 5.86. The van der Waals surface area contributed by atoms with Crippen LogP contribution in [0.5, 0.6) is 5.75 Å². The standard InChI is InChI=1S/C20H19N3O3/c1-14-11-16(24)12-20(26)23(14)13-19(25)22-18-10-6-5-9-17(18)21-15-7-3-2-4-8-15/h2-12,21,24H,13H2,1H3,(H,22,25). The molecule has 2 aromatic carbocycles. The Labute approximate surface area is 150 Å². The Bertz CT molecular complexity index is 981. The van der Waals surface area contributed by atoms with Crippen molar-refractivity contribution in [1.29, 1.82) is 0 Å². The molecule has 0 aliphatic rings. The van der Waals surface area contributed by atoms with Gasteiger partial charge in [0, 0.05) is 17.4 Å². The van der Waals surface area contributed by atoms with Gasteiger partial charge in [0.2, 0.25) is 5.91 Å². The van der Waals surface area contributed by atoms with Crippen LogP contribution in [-0.2, 0) is 11.3 Å². The second kappa shape index (κ2) is 7.57. The van der Waals surface area contributed by atoms with E-state index in [1.54, 1.807) is 13.0 Å². The van der Waals surface area contributed by atoms with E-state index in [2.05, 4.69) is 10.6 Å². The minimum atomic E-state index is -0.423. The lowest BCUT2D eigenvalue weighted by atomic mass is 10.2. The number of hydrogen-bond acceptors (Lipinski definition) is 4. The van der Waals surface area contributed by atoms with E-state index in [1.807, 2.05) is 48.5 Å². The van der Waals surface area contributed by atoms with Crippen molar-refractivity contribution in [2.75, 3.05) is 10.6 Å². The molecule has 0 aliphatic heterocycles. The number of para-hydroxylation sites is 3. The smallest absolute Gasteiger partial charge is 0.254 e. The topological polar surface area (TPSA) is 83.4 Å². The first-order valence-corrected chi connectivity index (χ1v) is 8.14. The fraction of sp³-hybridized carbons (Fsp3) is 0.100. The number of carbonyl (C=O) groups is 1. The summed E-state index contributed by atoms with van der Waals surface area (Å²) in [4.78, 5) is 24.4. The summed E-state index contributed by atoms with van der Waals surface area (Å²) < 4.78 is 1.31. The number of hydrogen-bond donors (Lipinski definition) is 3. The van der Waals surface area contributed by atoms with Gasteiger partial charge < -0.3 is 20.3 Å². The van der Waals surface area contributed by atoms with Gasteiger partial charge in [-0.1, -0.05) is 30.3 Å². The summed E-state index contributed by atoms with van der Waals surface area (Å²) in [6.45, 7) is 1.53. The molecule has 26 heavy (non-hydrogen) atoms. The molecule has 0 radical (unpaired) electrons. The number of amides is 1. The van der Waals surface area contributed by atoms with Crippen LogP contribution in [0.3, 0.4) is 0 Å². The third kappa shape index (κ3) is 4.10. The number of carbonyl (C=O) groups excluding carboxylic acids is 1. The molecule has 0 aliphatic carbocycles. The predicted octanol–water partition coefficient (Wildman–Crippen LogP) is 3.24. The van der Waals surface area contributed by atoms with E-state index in [4.69, 9.17) is 0 Å². The van der Waals surface area contributed by atoms with Gasteiger partial charge in [-0.25, -0.2) is 0 Å². The summed E-state index contributed by atoms with van der Waals surface area (Å²) in [5, 5.41) is 15.5. The average Bonchev–Trinajstić information content (AvgIpc) is 2.61. The number of rotatable bonds is 5. The highest BCUT2D eigenvalue weighted by atomic mass is 16.3. The maximum Gasteiger partial charge on any atom is 0.254 e. The van der Waals surface area contributed by atoms with Crippen molar-refractivity contribution >= 4 is 23.0 Å². The first-order chi connectivity index (χ1) is 12.5. The fourth-order valence-corrected chi connectivity index (χ4v) is 2.63. The van der Waals surface area contributed by atoms with Crippen molar-refractivity contribution in [3.05, 3.63) is 82.8 Å². The number of aryl methyl sites for hydroxylation is 1. The molecule has 1 aromatic heterocycles. The maximum atomic E-state index is 12.4. The number of aromatic nitrogens is 1. The van der Waals surface area contributed by atoms with E-state index in [-0.39, 0.29) is 18.2 Å². The van der Waals surface area contributed by atoms with Crippen LogP contribution in [0.1, 0.15) is 5.69 Å². The Hall–Kier alpha value is -3.54. The minimum Gasteiger partial charge on any atom is -0.508 e. The second-order valence-corrected chi connectivity index (χ2v) is 5.86. The highest BCUT2D eigenvalue weighted by Gasteiger charge is 2.10. The van der Waals surface area contributed by atoms with Gasteiger partial charge in [-0.3, -0.25) is 9.59 Å². The molecule has 6 heteroatoms. The summed E-state index contributed by atoms with van der Waals surface area (Å²) in [6, 6.07) is 19.5. The van der Waals surface area contributed by atoms with Crippen molar-refractivity contribution in [2.24, 2.45) is 0 Å². The van der Waals surface area contributed by atoms with Gasteiger partial charge in [-0.2, -0.15) is 0 Å². The highest BCUT2D eigenvalue weighted by molar-refractivity contribution is 5.94. The first-order valence-electron chi connectivity index (χ1n) is 8.14. The van der Waals surface area contributed by atoms with Gasteiger partial charge in [0.25, 0.3) is 5.56 Å². The minimum absolute atomic E-state index is 0.110. The molecule has 0 spiro atoms. The average molecular weight is 349 g/mol. The van der Waals surface area contributed by atoms with Crippen LogP contribution in [0.4, 0.5) is 17.1 Å². The van der Waals surface area contributed by atoms with E-state index in [0.717, 1.165) is 17.4 Å². The Morgan fingerprint density at radius 2 is 1.65 bits per heavy atom. The molecule has 3 aromatic rings. The van der Waals surface area contributed by atoms with E-state index in [0.29, 0.717) is 11.4 Å². The number of pyridine rings is 1. The van der Waals surface area contributed by atoms with Gasteiger partial charge in [0.05, 0.1) is 11.4 Å². The lowest BCUT2D eigenvalue weighted by Crippen LogP contribution is -2.28. The van der Waals surface area contributed by atoms with Crippen LogP contribution < -0.4 is 16.2 Å². The van der Waals surface area contributed by atoms with Gasteiger partial charge >= 0.3 is 0 Å². The van der Waals surface area contributed by atoms with Crippen molar-refractivity contribution in [1.82, 2.24) is 4.57 Å². The molecule has 0 unspecified atom stereocenters. The van der Waals surface area contributed by atoms with E-state index >= 15 is 0 Å². The van der Waals surface area contributed by atoms with E-state index < -0.39 is 5.56 Å². The molecule has 6 nitrogen and oxygen atoms in total. The lowest BCUT2D eigenvalue weighted by molar-refractivity contribution is -0.116. The number of anilines is 3. The Kier molecular flexibility index (Phi) is 5.03. The molecule has 0 saturated carbocycles. The molecular formula is C20H19N3O3. The molecule has 0 saturated heterocycles. The van der Waals surface area contributed by atoms with Crippen molar-refractivity contribution in [3.63, 3.8) is 0 Å². The molecule has 132 valence electrons. The zero-order chi connectivity index (χ0) is 18.5. The summed E-state index contributed by atoms with van der Waals surface area (Å²) in [6.07, 6.45) is 0. The zero-order valence-electron chi connectivity index (χ0n) is 14.3. The first kappa shape index (κ1) is 17.3. The van der Waals surface area contributed by atoms with Crippen LogP contribution in [0.25, 0.3) is 0 Å². The number of nitrogens with zero attached hydrogens (tertiary/aromatic N) is 1.